The second-order valence-corrected chi connectivity index (χ2v) is 14.1. The quantitative estimate of drug-likeness (QED) is 0.331. The van der Waals surface area contributed by atoms with Crippen molar-refractivity contribution in [2.75, 3.05) is 31.1 Å². The predicted molar refractivity (Wildman–Crippen MR) is 150 cm³/mol. The van der Waals surface area contributed by atoms with Gasteiger partial charge in [0.2, 0.25) is 11.6 Å². The van der Waals surface area contributed by atoms with Gasteiger partial charge in [-0.05, 0) is 71.9 Å². The molecule has 0 N–H and O–H groups in total. The topological polar surface area (TPSA) is 83.9 Å². The summed E-state index contributed by atoms with van der Waals surface area (Å²) in [6.07, 6.45) is 2.85. The molecule has 0 saturated carbocycles. The van der Waals surface area contributed by atoms with Crippen LogP contribution in [0.2, 0.25) is 5.15 Å². The van der Waals surface area contributed by atoms with Crippen LogP contribution in [0.3, 0.4) is 0 Å². The summed E-state index contributed by atoms with van der Waals surface area (Å²) in [7, 11) is 0. The summed E-state index contributed by atoms with van der Waals surface area (Å²) >= 11 is 6.23. The molecule has 0 radical (unpaired) electrons. The number of ether oxygens (including phenoxy) is 2. The van der Waals surface area contributed by atoms with Gasteiger partial charge in [0.25, 0.3) is 0 Å². The molecule has 13 heteroatoms. The lowest BCUT2D eigenvalue weighted by atomic mass is 9.86. The predicted octanol–water partition coefficient (Wildman–Crippen LogP) is 5.57. The standard InChI is InChI=1S/C29H36ClF3N6O3/c1-16-13-17-18-20(19(31)22(30)34-17)35-24(41-15-27-7-5-11-37(27)12-6-8-27)36-23(18)38-14-28(32)9-10-29(33,21(16)38)39(28)25(40)42-26(2,3)4/h16,21H,5-15H2,1-4H3/t16-,21-,28+,29-/m0/s1. The van der Waals surface area contributed by atoms with Gasteiger partial charge in [-0.2, -0.15) is 9.97 Å². The van der Waals surface area contributed by atoms with Crippen molar-refractivity contribution in [1.29, 1.82) is 0 Å². The van der Waals surface area contributed by atoms with E-state index >= 15 is 13.2 Å². The minimum absolute atomic E-state index is 0.0752. The van der Waals surface area contributed by atoms with Crippen molar-refractivity contribution < 1.29 is 27.4 Å². The summed E-state index contributed by atoms with van der Waals surface area (Å²) < 4.78 is 61.4. The van der Waals surface area contributed by atoms with Gasteiger partial charge in [-0.3, -0.25) is 4.90 Å². The zero-order valence-electron chi connectivity index (χ0n) is 24.4. The minimum atomic E-state index is -2.41. The Morgan fingerprint density at radius 2 is 1.81 bits per heavy atom. The van der Waals surface area contributed by atoms with Gasteiger partial charge in [-0.25, -0.2) is 27.8 Å². The van der Waals surface area contributed by atoms with Gasteiger partial charge in [0.1, 0.15) is 23.5 Å². The first kappa shape index (κ1) is 28.2. The van der Waals surface area contributed by atoms with Crippen LogP contribution >= 0.6 is 11.6 Å². The number of carbonyl (C=O) groups excluding carboxylic acids is 1. The van der Waals surface area contributed by atoms with Crippen molar-refractivity contribution in [3.63, 3.8) is 0 Å². The fourth-order valence-corrected chi connectivity index (χ4v) is 8.39. The molecule has 2 bridgehead atoms. The van der Waals surface area contributed by atoms with E-state index in [-0.39, 0.29) is 59.2 Å². The summed E-state index contributed by atoms with van der Waals surface area (Å²) in [5, 5.41) is -0.0946. The number of aromatic nitrogens is 3. The molecular formula is C29H36ClF3N6O3. The van der Waals surface area contributed by atoms with Gasteiger partial charge in [-0.15, -0.1) is 0 Å². The summed E-state index contributed by atoms with van der Waals surface area (Å²) in [5.74, 6) is -5.96. The lowest BCUT2D eigenvalue weighted by molar-refractivity contribution is -0.139. The van der Waals surface area contributed by atoms with Crippen molar-refractivity contribution in [2.24, 2.45) is 5.92 Å². The lowest BCUT2D eigenvalue weighted by Crippen LogP contribution is -2.72. The zero-order valence-corrected chi connectivity index (χ0v) is 25.1. The number of piperazine rings is 1. The number of pyridine rings is 1. The smallest absolute Gasteiger partial charge is 0.415 e. The van der Waals surface area contributed by atoms with E-state index in [0.29, 0.717) is 17.2 Å². The molecule has 9 nitrogen and oxygen atoms in total. The molecule has 42 heavy (non-hydrogen) atoms. The number of nitrogens with zero attached hydrogens (tertiary/aromatic N) is 6. The van der Waals surface area contributed by atoms with Crippen molar-refractivity contribution >= 4 is 34.4 Å². The van der Waals surface area contributed by atoms with Gasteiger partial charge < -0.3 is 14.4 Å². The van der Waals surface area contributed by atoms with Crippen molar-refractivity contribution in [1.82, 2.24) is 24.8 Å². The number of halogens is 4. The number of rotatable bonds is 3. The van der Waals surface area contributed by atoms with E-state index < -0.39 is 41.1 Å². The molecule has 0 unspecified atom stereocenters. The fourth-order valence-electron chi connectivity index (χ4n) is 8.20. The van der Waals surface area contributed by atoms with Crippen LogP contribution in [0.1, 0.15) is 71.9 Å². The van der Waals surface area contributed by atoms with Crippen LogP contribution in [-0.2, 0) is 11.2 Å². The molecule has 2 aromatic heterocycles. The Hall–Kier alpha value is -2.60. The van der Waals surface area contributed by atoms with Crippen LogP contribution < -0.4 is 9.64 Å². The molecule has 2 aromatic rings. The molecule has 4 saturated heterocycles. The third-order valence-corrected chi connectivity index (χ3v) is 10.0. The summed E-state index contributed by atoms with van der Waals surface area (Å²) in [5.41, 5.74) is -0.754. The number of carbonyl (C=O) groups is 1. The van der Waals surface area contributed by atoms with Crippen LogP contribution in [0.4, 0.5) is 23.8 Å². The number of hydrogen-bond acceptors (Lipinski definition) is 8. The largest absolute Gasteiger partial charge is 0.461 e. The SMILES string of the molecule is C[C@H]1Cc2nc(Cl)c(F)c3nc(OCC45CCCN4CCC5)nc(c23)N2C[C@@]3(F)CC[C@@](F)([C@H]12)N3C(=O)OC(C)(C)C. The van der Waals surface area contributed by atoms with E-state index in [1.165, 1.54) is 4.90 Å². The van der Waals surface area contributed by atoms with Crippen LogP contribution in [0.15, 0.2) is 0 Å². The van der Waals surface area contributed by atoms with Gasteiger partial charge >= 0.3 is 12.1 Å². The highest BCUT2D eigenvalue weighted by atomic mass is 35.5. The van der Waals surface area contributed by atoms with Crippen LogP contribution in [0.5, 0.6) is 6.01 Å². The first-order chi connectivity index (χ1) is 19.7. The van der Waals surface area contributed by atoms with E-state index in [0.717, 1.165) is 38.8 Å². The molecule has 1 amide bonds. The number of amides is 1. The average molecular weight is 609 g/mol. The molecule has 5 aliphatic heterocycles. The maximum Gasteiger partial charge on any atom is 0.415 e. The van der Waals surface area contributed by atoms with E-state index in [4.69, 9.17) is 26.1 Å². The average Bonchev–Trinajstić information content (AvgIpc) is 3.50. The van der Waals surface area contributed by atoms with Crippen LogP contribution in [0.25, 0.3) is 10.9 Å². The zero-order chi connectivity index (χ0) is 29.8. The van der Waals surface area contributed by atoms with Crippen LogP contribution in [0, 0.1) is 11.7 Å². The van der Waals surface area contributed by atoms with E-state index in [9.17, 15) is 4.79 Å². The Bertz CT molecular complexity index is 1460. The molecule has 0 aromatic carbocycles. The maximum absolute atomic E-state index is 17.4. The summed E-state index contributed by atoms with van der Waals surface area (Å²) in [6.45, 7) is 8.74. The lowest BCUT2D eigenvalue weighted by Gasteiger charge is -2.53. The van der Waals surface area contributed by atoms with Gasteiger partial charge in [-0.1, -0.05) is 18.5 Å². The normalized spacial score (nSPS) is 31.7. The molecule has 4 atom stereocenters. The summed E-state index contributed by atoms with van der Waals surface area (Å²) in [6, 6.07) is -1.09. The fraction of sp³-hybridized carbons (Fsp3) is 0.724. The molecule has 228 valence electrons. The second kappa shape index (κ2) is 9.20. The van der Waals surface area contributed by atoms with Crippen molar-refractivity contribution in [2.45, 2.75) is 101 Å². The number of fused-ring (bicyclic) bond motifs is 6. The molecule has 5 aliphatic rings. The second-order valence-electron chi connectivity index (χ2n) is 13.7. The Balaban J connectivity index is 1.34. The number of alkyl halides is 2. The Morgan fingerprint density at radius 1 is 1.10 bits per heavy atom. The van der Waals surface area contributed by atoms with E-state index in [1.54, 1.807) is 20.8 Å². The van der Waals surface area contributed by atoms with E-state index in [1.807, 2.05) is 6.92 Å². The first-order valence-electron chi connectivity index (χ1n) is 14.9. The Morgan fingerprint density at radius 3 is 2.50 bits per heavy atom. The molecule has 0 spiro atoms. The number of hydrogen-bond donors (Lipinski definition) is 0. The van der Waals surface area contributed by atoms with Crippen molar-refractivity contribution in [3.8, 4) is 6.01 Å². The van der Waals surface area contributed by atoms with Gasteiger partial charge in [0.15, 0.2) is 11.0 Å². The third-order valence-electron chi connectivity index (χ3n) is 9.80. The Labute approximate surface area is 247 Å². The van der Waals surface area contributed by atoms with Crippen LogP contribution in [-0.4, -0.2) is 85.9 Å². The maximum atomic E-state index is 17.4. The molecular weight excluding hydrogens is 573 g/mol. The molecule has 4 fully saturated rings. The Kier molecular flexibility index (Phi) is 6.18. The summed E-state index contributed by atoms with van der Waals surface area (Å²) in [4.78, 5) is 31.3. The first-order valence-corrected chi connectivity index (χ1v) is 15.2. The van der Waals surface area contributed by atoms with E-state index in [2.05, 4.69) is 14.9 Å². The van der Waals surface area contributed by atoms with Gasteiger partial charge in [0.05, 0.1) is 29.2 Å². The highest BCUT2D eigenvalue weighted by Crippen LogP contribution is 2.56. The van der Waals surface area contributed by atoms with Crippen molar-refractivity contribution in [3.05, 3.63) is 16.7 Å². The number of anilines is 1. The third kappa shape index (κ3) is 4.07. The molecule has 0 aliphatic carbocycles. The highest BCUT2D eigenvalue weighted by molar-refractivity contribution is 6.30. The van der Waals surface area contributed by atoms with Gasteiger partial charge in [0, 0.05) is 12.8 Å². The monoisotopic (exact) mass is 608 g/mol. The minimum Gasteiger partial charge on any atom is -0.461 e. The molecule has 7 heterocycles. The highest BCUT2D eigenvalue weighted by Gasteiger charge is 2.70. The molecule has 7 rings (SSSR count).